The van der Waals surface area contributed by atoms with Gasteiger partial charge < -0.3 is 5.32 Å². The number of hydrogen-bond donors (Lipinski definition) is 1. The van der Waals surface area contributed by atoms with Crippen LogP contribution in [-0.4, -0.2) is 31.1 Å². The molecule has 1 aliphatic rings. The molecule has 0 bridgehead atoms. The summed E-state index contributed by atoms with van der Waals surface area (Å²) in [5.41, 5.74) is -0.139. The van der Waals surface area contributed by atoms with Crippen LogP contribution < -0.4 is 5.32 Å². The van der Waals surface area contributed by atoms with Gasteiger partial charge in [-0.2, -0.15) is 13.2 Å². The molecule has 22 heavy (non-hydrogen) atoms. The van der Waals surface area contributed by atoms with Crippen LogP contribution >= 0.6 is 24.0 Å². The van der Waals surface area contributed by atoms with Crippen LogP contribution in [0.1, 0.15) is 23.6 Å². The number of rotatable bonds is 4. The Morgan fingerprint density at radius 1 is 1.32 bits per heavy atom. The van der Waals surface area contributed by atoms with Crippen molar-refractivity contribution >= 4 is 24.0 Å². The summed E-state index contributed by atoms with van der Waals surface area (Å²) in [6, 6.07) is 3.35. The van der Waals surface area contributed by atoms with Crippen LogP contribution in [0.25, 0.3) is 0 Å². The van der Waals surface area contributed by atoms with Crippen molar-refractivity contribution < 1.29 is 13.2 Å². The van der Waals surface area contributed by atoms with Gasteiger partial charge in [0.15, 0.2) is 0 Å². The Balaban J connectivity index is 0.00000242. The molecule has 0 saturated carbocycles. The van der Waals surface area contributed by atoms with Crippen molar-refractivity contribution in [1.29, 1.82) is 0 Å². The minimum Gasteiger partial charge on any atom is -0.314 e. The van der Waals surface area contributed by atoms with Crippen LogP contribution in [0, 0.1) is 0 Å². The Hall–Kier alpha value is -0.750. The fourth-order valence-corrected chi connectivity index (χ4v) is 2.84. The molecule has 1 saturated heterocycles. The minimum atomic E-state index is -4.36. The van der Waals surface area contributed by atoms with Gasteiger partial charge in [0, 0.05) is 37.2 Å². The lowest BCUT2D eigenvalue weighted by molar-refractivity contribution is -0.137. The molecule has 1 aliphatic heterocycles. The van der Waals surface area contributed by atoms with Crippen molar-refractivity contribution in [3.05, 3.63) is 47.0 Å². The molecule has 1 fully saturated rings. The van der Waals surface area contributed by atoms with E-state index in [2.05, 4.69) is 16.8 Å². The molecular formula is C15H19Cl2F3N2. The summed E-state index contributed by atoms with van der Waals surface area (Å²) >= 11 is 6.15. The number of hydrogen-bond acceptors (Lipinski definition) is 2. The van der Waals surface area contributed by atoms with Crippen LogP contribution in [0.4, 0.5) is 13.2 Å². The maximum Gasteiger partial charge on any atom is 0.416 e. The molecule has 1 heterocycles. The van der Waals surface area contributed by atoms with E-state index < -0.39 is 11.7 Å². The van der Waals surface area contributed by atoms with E-state index in [4.69, 9.17) is 11.6 Å². The van der Waals surface area contributed by atoms with E-state index in [-0.39, 0.29) is 18.4 Å². The number of alkyl halides is 3. The van der Waals surface area contributed by atoms with Crippen LogP contribution in [0.5, 0.6) is 0 Å². The van der Waals surface area contributed by atoms with Gasteiger partial charge in [-0.3, -0.25) is 4.90 Å². The van der Waals surface area contributed by atoms with Crippen molar-refractivity contribution in [2.75, 3.05) is 26.2 Å². The van der Waals surface area contributed by atoms with Gasteiger partial charge in [-0.1, -0.05) is 17.7 Å². The van der Waals surface area contributed by atoms with Crippen molar-refractivity contribution in [2.45, 2.75) is 18.6 Å². The Bertz CT molecular complexity index is 500. The molecule has 2 nitrogen and oxygen atoms in total. The van der Waals surface area contributed by atoms with Gasteiger partial charge in [-0.15, -0.1) is 19.0 Å². The number of benzene rings is 1. The lowest BCUT2D eigenvalue weighted by atomic mass is 9.98. The molecule has 7 heteroatoms. The summed E-state index contributed by atoms with van der Waals surface area (Å²) in [6.07, 6.45) is -2.06. The van der Waals surface area contributed by atoms with Crippen LogP contribution in [0.3, 0.4) is 0 Å². The molecule has 0 aromatic heterocycles. The third-order valence-electron chi connectivity index (χ3n) is 3.66. The van der Waals surface area contributed by atoms with Gasteiger partial charge in [0.25, 0.3) is 0 Å². The second-order valence-corrected chi connectivity index (χ2v) is 5.47. The zero-order chi connectivity index (χ0) is 15.5. The fourth-order valence-electron chi connectivity index (χ4n) is 2.60. The molecule has 124 valence electrons. The highest BCUT2D eigenvalue weighted by molar-refractivity contribution is 6.31. The van der Waals surface area contributed by atoms with Crippen molar-refractivity contribution in [3.8, 4) is 0 Å². The molecule has 1 atom stereocenters. The maximum atomic E-state index is 12.9. The van der Waals surface area contributed by atoms with Gasteiger partial charge in [-0.25, -0.2) is 0 Å². The zero-order valence-corrected chi connectivity index (χ0v) is 13.6. The zero-order valence-electron chi connectivity index (χ0n) is 12.0. The van der Waals surface area contributed by atoms with E-state index in [9.17, 15) is 13.2 Å². The van der Waals surface area contributed by atoms with E-state index in [0.29, 0.717) is 17.0 Å². The second-order valence-electron chi connectivity index (χ2n) is 5.06. The highest BCUT2D eigenvalue weighted by Gasteiger charge is 2.32. The number of halogens is 5. The predicted molar refractivity (Wildman–Crippen MR) is 85.7 cm³/mol. The molecule has 0 amide bonds. The number of nitrogens with zero attached hydrogens (tertiary/aromatic N) is 1. The first-order valence-corrected chi connectivity index (χ1v) is 7.23. The summed E-state index contributed by atoms with van der Waals surface area (Å²) in [4.78, 5) is 2.15. The Labute approximate surface area is 139 Å². The standard InChI is InChI=1S/C15H18ClF3N2.ClH/c1-2-3-14(21-8-6-20-7-9-21)12-10-11(15(17,18)19)4-5-13(12)16;/h2,4-5,10,14,20H,1,3,6-9H2;1H/t14-;/m1./s1. The molecule has 2 rings (SSSR count). The highest BCUT2D eigenvalue weighted by atomic mass is 35.5. The summed E-state index contributed by atoms with van der Waals surface area (Å²) < 4.78 is 38.7. The lowest BCUT2D eigenvalue weighted by Crippen LogP contribution is -2.45. The normalized spacial score (nSPS) is 17.6. The molecule has 0 radical (unpaired) electrons. The number of nitrogens with one attached hydrogen (secondary N) is 1. The molecule has 0 spiro atoms. The van der Waals surface area contributed by atoms with Gasteiger partial charge in [0.2, 0.25) is 0 Å². The monoisotopic (exact) mass is 354 g/mol. The van der Waals surface area contributed by atoms with Gasteiger partial charge in [-0.05, 0) is 30.2 Å². The fraction of sp³-hybridized carbons (Fsp3) is 0.467. The first kappa shape index (κ1) is 19.3. The Kier molecular flexibility index (Phi) is 7.19. The molecular weight excluding hydrogens is 336 g/mol. The topological polar surface area (TPSA) is 15.3 Å². The van der Waals surface area contributed by atoms with E-state index in [1.807, 2.05) is 0 Å². The summed E-state index contributed by atoms with van der Waals surface area (Å²) in [7, 11) is 0. The van der Waals surface area contributed by atoms with Crippen LogP contribution in [0.2, 0.25) is 5.02 Å². The van der Waals surface area contributed by atoms with E-state index in [1.165, 1.54) is 12.1 Å². The third kappa shape index (κ3) is 4.62. The summed E-state index contributed by atoms with van der Waals surface area (Å²) in [5.74, 6) is 0. The Morgan fingerprint density at radius 3 is 2.50 bits per heavy atom. The largest absolute Gasteiger partial charge is 0.416 e. The van der Waals surface area contributed by atoms with Crippen molar-refractivity contribution in [3.63, 3.8) is 0 Å². The second kappa shape index (κ2) is 8.20. The van der Waals surface area contributed by atoms with Gasteiger partial charge in [0.1, 0.15) is 0 Å². The van der Waals surface area contributed by atoms with E-state index in [1.54, 1.807) is 6.08 Å². The van der Waals surface area contributed by atoms with E-state index >= 15 is 0 Å². The van der Waals surface area contributed by atoms with Crippen LogP contribution in [0.15, 0.2) is 30.9 Å². The third-order valence-corrected chi connectivity index (χ3v) is 4.01. The molecule has 0 aliphatic carbocycles. The molecule has 0 unspecified atom stereocenters. The van der Waals surface area contributed by atoms with Crippen molar-refractivity contribution in [1.82, 2.24) is 10.2 Å². The maximum absolute atomic E-state index is 12.9. The SMILES string of the molecule is C=CC[C@H](c1cc(C(F)(F)F)ccc1Cl)N1CCNCC1.Cl. The average molecular weight is 355 g/mol. The van der Waals surface area contributed by atoms with Crippen molar-refractivity contribution in [2.24, 2.45) is 0 Å². The lowest BCUT2D eigenvalue weighted by Gasteiger charge is -2.35. The van der Waals surface area contributed by atoms with Gasteiger partial charge in [0.05, 0.1) is 5.56 Å². The highest BCUT2D eigenvalue weighted by Crippen LogP contribution is 2.36. The van der Waals surface area contributed by atoms with Crippen LogP contribution in [-0.2, 0) is 6.18 Å². The van der Waals surface area contributed by atoms with E-state index in [0.717, 1.165) is 32.2 Å². The first-order chi connectivity index (χ1) is 9.93. The Morgan fingerprint density at radius 2 is 1.95 bits per heavy atom. The molecule has 1 aromatic carbocycles. The summed E-state index contributed by atoms with van der Waals surface area (Å²) in [5, 5.41) is 3.60. The predicted octanol–water partition coefficient (Wildman–Crippen LogP) is 4.30. The minimum absolute atomic E-state index is 0. The van der Waals surface area contributed by atoms with Gasteiger partial charge >= 0.3 is 6.18 Å². The number of piperazine rings is 1. The molecule has 1 N–H and O–H groups in total. The first-order valence-electron chi connectivity index (χ1n) is 6.86. The quantitative estimate of drug-likeness (QED) is 0.810. The summed E-state index contributed by atoms with van der Waals surface area (Å²) in [6.45, 7) is 6.93. The molecule has 1 aromatic rings. The smallest absolute Gasteiger partial charge is 0.314 e. The average Bonchev–Trinajstić information content (AvgIpc) is 2.45.